The van der Waals surface area contributed by atoms with E-state index in [0.29, 0.717) is 0 Å². The van der Waals surface area contributed by atoms with E-state index in [9.17, 15) is 0 Å². The summed E-state index contributed by atoms with van der Waals surface area (Å²) in [6, 6.07) is 2.30. The van der Waals surface area contributed by atoms with Gasteiger partial charge in [0.15, 0.2) is 0 Å². The first-order valence-corrected chi connectivity index (χ1v) is 7.03. The summed E-state index contributed by atoms with van der Waals surface area (Å²) in [4.78, 5) is 0. The number of hydrogen-bond acceptors (Lipinski definition) is 0. The van der Waals surface area contributed by atoms with Crippen molar-refractivity contribution in [3.63, 3.8) is 0 Å². The molecular formula is C12H20P. The quantitative estimate of drug-likeness (QED) is 0.621. The lowest BCUT2D eigenvalue weighted by molar-refractivity contribution is 0.796. The highest BCUT2D eigenvalue weighted by molar-refractivity contribution is 7.47. The zero-order valence-corrected chi connectivity index (χ0v) is 9.74. The van der Waals surface area contributed by atoms with Crippen LogP contribution in [0.1, 0.15) is 45.1 Å². The van der Waals surface area contributed by atoms with Crippen molar-refractivity contribution in [1.29, 1.82) is 0 Å². The van der Waals surface area contributed by atoms with Crippen LogP contribution >= 0.6 is 7.53 Å². The monoisotopic (exact) mass is 195 g/mol. The molecule has 0 aromatic carbocycles. The molecular weight excluding hydrogens is 175 g/mol. The molecule has 1 radical (unpaired) electrons. The highest BCUT2D eigenvalue weighted by atomic mass is 31.1. The molecule has 1 aromatic rings. The highest BCUT2D eigenvalue weighted by Crippen LogP contribution is 2.31. The molecule has 1 heteroatoms. The molecule has 73 valence electrons. The number of rotatable bonds is 6. The topological polar surface area (TPSA) is 0 Å². The van der Waals surface area contributed by atoms with Gasteiger partial charge in [-0.3, -0.25) is 0 Å². The Morgan fingerprint density at radius 3 is 2.69 bits per heavy atom. The van der Waals surface area contributed by atoms with Gasteiger partial charge in [-0.25, -0.2) is 0 Å². The lowest BCUT2D eigenvalue weighted by Crippen LogP contribution is -1.78. The summed E-state index contributed by atoms with van der Waals surface area (Å²) >= 11 is 0. The van der Waals surface area contributed by atoms with Crippen molar-refractivity contribution >= 4 is 7.53 Å². The van der Waals surface area contributed by atoms with Gasteiger partial charge in [-0.1, -0.05) is 32.8 Å². The first-order valence-electron chi connectivity index (χ1n) is 5.44. The molecule has 0 saturated carbocycles. The van der Waals surface area contributed by atoms with Crippen molar-refractivity contribution < 1.29 is 0 Å². The minimum Gasteiger partial charge on any atom is -0.116 e. The molecule has 1 atom stereocenters. The zero-order chi connectivity index (χ0) is 9.52. The Bertz CT molecular complexity index is 202. The summed E-state index contributed by atoms with van der Waals surface area (Å²) in [5.41, 5.74) is 1.48. The number of unbranched alkanes of at least 4 members (excludes halogenated alkanes) is 2. The predicted octanol–water partition coefficient (Wildman–Crippen LogP) is 4.62. The molecule has 0 bridgehead atoms. The van der Waals surface area contributed by atoms with Gasteiger partial charge in [-0.05, 0) is 36.8 Å². The molecule has 0 aliphatic rings. The normalized spacial score (nSPS) is 12.0. The van der Waals surface area contributed by atoms with Crippen molar-refractivity contribution in [3.05, 3.63) is 23.2 Å². The van der Waals surface area contributed by atoms with Crippen LogP contribution in [0.2, 0.25) is 0 Å². The molecule has 1 rings (SSSR count). The van der Waals surface area contributed by atoms with E-state index in [1.165, 1.54) is 43.8 Å². The van der Waals surface area contributed by atoms with Crippen molar-refractivity contribution in [2.45, 2.75) is 52.1 Å². The standard InChI is InChI=1S/C12H20P/c1-3-5-7-12-8-10-13(11-12)9-6-4-2/h8,10H,3-7,9H2,1-2H3. The second-order valence-corrected chi connectivity index (χ2v) is 5.51. The number of hydrogen-bond donors (Lipinski definition) is 0. The van der Waals surface area contributed by atoms with Crippen LogP contribution in [0, 0.1) is 5.80 Å². The van der Waals surface area contributed by atoms with E-state index >= 15 is 0 Å². The summed E-state index contributed by atoms with van der Waals surface area (Å²) in [7, 11) is 0.0255. The van der Waals surface area contributed by atoms with Gasteiger partial charge in [0.2, 0.25) is 0 Å². The van der Waals surface area contributed by atoms with Crippen molar-refractivity contribution in [3.8, 4) is 0 Å². The van der Waals surface area contributed by atoms with Gasteiger partial charge in [0.1, 0.15) is 0 Å². The fourth-order valence-corrected chi connectivity index (χ4v) is 3.31. The molecule has 0 saturated heterocycles. The van der Waals surface area contributed by atoms with E-state index in [-0.39, 0.29) is 7.53 Å². The van der Waals surface area contributed by atoms with Gasteiger partial charge in [0.05, 0.1) is 0 Å². The fraction of sp³-hybridized carbons (Fsp3) is 0.667. The first kappa shape index (κ1) is 10.9. The van der Waals surface area contributed by atoms with Crippen LogP contribution < -0.4 is 0 Å². The minimum absolute atomic E-state index is 0.0255. The van der Waals surface area contributed by atoms with Crippen molar-refractivity contribution in [2.75, 3.05) is 0 Å². The van der Waals surface area contributed by atoms with Crippen LogP contribution in [-0.4, -0.2) is 0 Å². The Kier molecular flexibility index (Phi) is 5.23. The molecule has 1 heterocycles. The summed E-state index contributed by atoms with van der Waals surface area (Å²) in [5, 5.41) is 0. The molecule has 13 heavy (non-hydrogen) atoms. The maximum absolute atomic E-state index is 3.63. The first-order chi connectivity index (χ1) is 6.36. The third kappa shape index (κ3) is 4.00. The van der Waals surface area contributed by atoms with Crippen LogP contribution in [-0.2, 0) is 12.6 Å². The molecule has 0 spiro atoms. The van der Waals surface area contributed by atoms with Gasteiger partial charge in [0, 0.05) is 5.80 Å². The van der Waals surface area contributed by atoms with Crippen LogP contribution in [0.15, 0.2) is 11.9 Å². The summed E-state index contributed by atoms with van der Waals surface area (Å²) in [6.45, 7) is 4.51. The molecule has 0 amide bonds. The second-order valence-electron chi connectivity index (χ2n) is 3.60. The van der Waals surface area contributed by atoms with E-state index in [2.05, 4.69) is 31.5 Å². The Balaban J connectivity index is 2.34. The fourth-order valence-electron chi connectivity index (χ4n) is 1.40. The van der Waals surface area contributed by atoms with Crippen molar-refractivity contribution in [1.82, 2.24) is 0 Å². The maximum atomic E-state index is 3.63. The van der Waals surface area contributed by atoms with Gasteiger partial charge in [-0.15, -0.1) is 7.53 Å². The molecule has 0 fully saturated rings. The number of aryl methyl sites for hydroxylation is 2. The lowest BCUT2D eigenvalue weighted by Gasteiger charge is -1.94. The SMILES string of the molecule is CCCCc1[c]p(CCCC)cc1. The van der Waals surface area contributed by atoms with E-state index in [0.717, 1.165) is 0 Å². The van der Waals surface area contributed by atoms with E-state index < -0.39 is 0 Å². The third-order valence-corrected chi connectivity index (χ3v) is 4.18. The predicted molar refractivity (Wildman–Crippen MR) is 61.5 cm³/mol. The summed E-state index contributed by atoms with van der Waals surface area (Å²) in [6.07, 6.45) is 7.91. The average Bonchev–Trinajstić information content (AvgIpc) is 2.59. The molecule has 0 aliphatic heterocycles. The Morgan fingerprint density at radius 1 is 1.23 bits per heavy atom. The summed E-state index contributed by atoms with van der Waals surface area (Å²) < 4.78 is 0. The largest absolute Gasteiger partial charge is 0.116 e. The Hall–Kier alpha value is -0.220. The average molecular weight is 195 g/mol. The van der Waals surface area contributed by atoms with Gasteiger partial charge >= 0.3 is 0 Å². The zero-order valence-electron chi connectivity index (χ0n) is 8.84. The van der Waals surface area contributed by atoms with E-state index in [1.807, 2.05) is 0 Å². The Labute approximate surface area is 83.4 Å². The molecule has 0 aliphatic carbocycles. The second kappa shape index (κ2) is 6.27. The van der Waals surface area contributed by atoms with Gasteiger partial charge in [-0.2, -0.15) is 0 Å². The highest BCUT2D eigenvalue weighted by Gasteiger charge is 1.97. The lowest BCUT2D eigenvalue weighted by atomic mass is 10.2. The minimum atomic E-state index is 0.0255. The molecule has 0 N–H and O–H groups in total. The van der Waals surface area contributed by atoms with Crippen LogP contribution in [0.3, 0.4) is 0 Å². The van der Waals surface area contributed by atoms with Crippen LogP contribution in [0.4, 0.5) is 0 Å². The third-order valence-electron chi connectivity index (χ3n) is 2.30. The van der Waals surface area contributed by atoms with E-state index in [4.69, 9.17) is 0 Å². The van der Waals surface area contributed by atoms with Crippen LogP contribution in [0.5, 0.6) is 0 Å². The Morgan fingerprint density at radius 2 is 2.00 bits per heavy atom. The van der Waals surface area contributed by atoms with E-state index in [1.54, 1.807) is 0 Å². The van der Waals surface area contributed by atoms with Gasteiger partial charge < -0.3 is 0 Å². The maximum Gasteiger partial charge on any atom is 0.00859 e. The summed E-state index contributed by atoms with van der Waals surface area (Å²) in [5.74, 6) is 6.02. The van der Waals surface area contributed by atoms with Crippen LogP contribution in [0.25, 0.3) is 0 Å². The molecule has 1 aromatic heterocycles. The smallest absolute Gasteiger partial charge is 0.00859 e. The molecule has 1 unspecified atom stereocenters. The van der Waals surface area contributed by atoms with Crippen molar-refractivity contribution in [2.24, 2.45) is 0 Å². The molecule has 0 nitrogen and oxygen atoms in total. The van der Waals surface area contributed by atoms with Gasteiger partial charge in [0.25, 0.3) is 0 Å².